The second-order valence-corrected chi connectivity index (χ2v) is 4.04. The van der Waals surface area contributed by atoms with Gasteiger partial charge in [0.2, 0.25) is 0 Å². The van der Waals surface area contributed by atoms with E-state index in [0.717, 1.165) is 25.2 Å². The molecule has 2 unspecified atom stereocenters. The first kappa shape index (κ1) is 10.2. The lowest BCUT2D eigenvalue weighted by atomic mass is 10.0. The van der Waals surface area contributed by atoms with Gasteiger partial charge in [0.1, 0.15) is 0 Å². The highest BCUT2D eigenvalue weighted by Crippen LogP contribution is 2.23. The van der Waals surface area contributed by atoms with E-state index >= 15 is 0 Å². The van der Waals surface area contributed by atoms with E-state index < -0.39 is 0 Å². The van der Waals surface area contributed by atoms with E-state index in [4.69, 9.17) is 0 Å². The molecule has 2 rings (SSSR count). The molecule has 82 valence electrons. The molecular formula is C10H15N3O2. The number of hydrogen-bond acceptors (Lipinski definition) is 4. The predicted molar refractivity (Wildman–Crippen MR) is 56.9 cm³/mol. The van der Waals surface area contributed by atoms with Crippen molar-refractivity contribution in [1.82, 2.24) is 10.2 Å². The molecule has 0 aliphatic carbocycles. The van der Waals surface area contributed by atoms with E-state index in [-0.39, 0.29) is 11.7 Å². The fourth-order valence-corrected chi connectivity index (χ4v) is 1.95. The van der Waals surface area contributed by atoms with Gasteiger partial charge in [-0.25, -0.2) is 5.10 Å². The number of aliphatic hydroxyl groups excluding tert-OH is 1. The average Bonchev–Trinajstić information content (AvgIpc) is 2.66. The Labute approximate surface area is 87.7 Å². The summed E-state index contributed by atoms with van der Waals surface area (Å²) in [4.78, 5) is 13.2. The van der Waals surface area contributed by atoms with Crippen molar-refractivity contribution in [2.45, 2.75) is 19.4 Å². The summed E-state index contributed by atoms with van der Waals surface area (Å²) in [5.74, 6) is 0.296. The van der Waals surface area contributed by atoms with Crippen LogP contribution in [0.15, 0.2) is 17.1 Å². The van der Waals surface area contributed by atoms with Crippen molar-refractivity contribution in [2.24, 2.45) is 5.92 Å². The van der Waals surface area contributed by atoms with E-state index in [2.05, 4.69) is 15.1 Å². The van der Waals surface area contributed by atoms with Gasteiger partial charge in [-0.05, 0) is 13.3 Å². The van der Waals surface area contributed by atoms with E-state index in [1.807, 2.05) is 6.92 Å². The van der Waals surface area contributed by atoms with Gasteiger partial charge in [0.05, 0.1) is 18.0 Å². The highest BCUT2D eigenvalue weighted by molar-refractivity contribution is 5.43. The van der Waals surface area contributed by atoms with Gasteiger partial charge in [-0.2, -0.15) is 5.10 Å². The number of anilines is 1. The molecule has 0 spiro atoms. The monoisotopic (exact) mass is 209 g/mol. The van der Waals surface area contributed by atoms with E-state index in [1.165, 1.54) is 6.07 Å². The Hall–Kier alpha value is -1.36. The smallest absolute Gasteiger partial charge is 0.266 e. The van der Waals surface area contributed by atoms with Crippen LogP contribution in [-0.4, -0.2) is 34.5 Å². The molecule has 0 radical (unpaired) electrons. The zero-order chi connectivity index (χ0) is 10.8. The third-order valence-corrected chi connectivity index (χ3v) is 2.92. The number of nitrogens with zero attached hydrogens (tertiary/aromatic N) is 2. The van der Waals surface area contributed by atoms with Gasteiger partial charge < -0.3 is 10.0 Å². The number of nitrogens with one attached hydrogen (secondary N) is 1. The summed E-state index contributed by atoms with van der Waals surface area (Å²) < 4.78 is 0. The van der Waals surface area contributed by atoms with Crippen LogP contribution in [0.25, 0.3) is 0 Å². The molecule has 1 aromatic heterocycles. The third-order valence-electron chi connectivity index (χ3n) is 2.92. The maximum atomic E-state index is 11.1. The van der Waals surface area contributed by atoms with Crippen molar-refractivity contribution in [1.29, 1.82) is 0 Å². The molecule has 5 heteroatoms. The van der Waals surface area contributed by atoms with Crippen molar-refractivity contribution in [3.8, 4) is 0 Å². The number of aromatic amines is 1. The van der Waals surface area contributed by atoms with Gasteiger partial charge in [-0.15, -0.1) is 0 Å². The van der Waals surface area contributed by atoms with Gasteiger partial charge in [0.25, 0.3) is 5.56 Å². The summed E-state index contributed by atoms with van der Waals surface area (Å²) in [5.41, 5.74) is 0.648. The van der Waals surface area contributed by atoms with Gasteiger partial charge in [0.15, 0.2) is 0 Å². The molecule has 0 amide bonds. The largest absolute Gasteiger partial charge is 0.393 e. The molecule has 2 N–H and O–H groups in total. The van der Waals surface area contributed by atoms with Gasteiger partial charge in [-0.3, -0.25) is 4.79 Å². The van der Waals surface area contributed by atoms with Crippen molar-refractivity contribution < 1.29 is 5.11 Å². The molecule has 0 aromatic carbocycles. The lowest BCUT2D eigenvalue weighted by molar-refractivity contribution is 0.136. The Bertz CT molecular complexity index is 388. The van der Waals surface area contributed by atoms with Gasteiger partial charge in [0, 0.05) is 25.1 Å². The van der Waals surface area contributed by atoms with E-state index in [0.29, 0.717) is 5.92 Å². The maximum Gasteiger partial charge on any atom is 0.266 e. The average molecular weight is 209 g/mol. The van der Waals surface area contributed by atoms with Gasteiger partial charge in [-0.1, -0.05) is 0 Å². The van der Waals surface area contributed by atoms with Crippen molar-refractivity contribution in [3.63, 3.8) is 0 Å². The molecule has 2 heterocycles. The molecule has 1 aliphatic heterocycles. The fourth-order valence-electron chi connectivity index (χ4n) is 1.95. The summed E-state index contributed by atoms with van der Waals surface area (Å²) in [6.45, 7) is 3.48. The Kier molecular flexibility index (Phi) is 2.73. The minimum atomic E-state index is -0.287. The summed E-state index contributed by atoms with van der Waals surface area (Å²) in [6.07, 6.45) is 2.32. The highest BCUT2D eigenvalue weighted by atomic mass is 16.3. The molecule has 0 bridgehead atoms. The zero-order valence-corrected chi connectivity index (χ0v) is 8.68. The number of hydrogen-bond donors (Lipinski definition) is 2. The predicted octanol–water partition coefficient (Wildman–Crippen LogP) is -0.0230. The van der Waals surface area contributed by atoms with Crippen LogP contribution in [0, 0.1) is 5.92 Å². The summed E-state index contributed by atoms with van der Waals surface area (Å²) in [5, 5.41) is 15.6. The zero-order valence-electron chi connectivity index (χ0n) is 8.68. The Morgan fingerprint density at radius 1 is 1.73 bits per heavy atom. The topological polar surface area (TPSA) is 69.2 Å². The minimum absolute atomic E-state index is 0.187. The number of aromatic nitrogens is 2. The number of rotatable bonds is 2. The van der Waals surface area contributed by atoms with Crippen LogP contribution in [0.2, 0.25) is 0 Å². The van der Waals surface area contributed by atoms with Crippen LogP contribution < -0.4 is 10.5 Å². The molecule has 0 saturated carbocycles. The minimum Gasteiger partial charge on any atom is -0.393 e. The number of H-pyrrole nitrogens is 1. The van der Waals surface area contributed by atoms with Crippen LogP contribution in [0.3, 0.4) is 0 Å². The molecule has 1 saturated heterocycles. The van der Waals surface area contributed by atoms with E-state index in [1.54, 1.807) is 6.20 Å². The second-order valence-electron chi connectivity index (χ2n) is 4.04. The lowest BCUT2D eigenvalue weighted by Crippen LogP contribution is -2.25. The summed E-state index contributed by atoms with van der Waals surface area (Å²) >= 11 is 0. The van der Waals surface area contributed by atoms with Crippen LogP contribution in [0.1, 0.15) is 13.3 Å². The first-order valence-electron chi connectivity index (χ1n) is 5.14. The van der Waals surface area contributed by atoms with E-state index in [9.17, 15) is 9.90 Å². The second kappa shape index (κ2) is 4.02. The standard InChI is InChI=1S/C10H15N3O2/c1-7(14)8-2-3-13(6-8)9-4-10(15)12-11-5-9/h4-5,7-8,14H,2-3,6H2,1H3,(H,12,15). The van der Waals surface area contributed by atoms with Gasteiger partial charge >= 0.3 is 0 Å². The summed E-state index contributed by atoms with van der Waals surface area (Å²) in [6, 6.07) is 1.54. The normalized spacial score (nSPS) is 23.1. The molecule has 1 aliphatic rings. The molecule has 1 aromatic rings. The van der Waals surface area contributed by atoms with Crippen LogP contribution >= 0.6 is 0 Å². The first-order chi connectivity index (χ1) is 7.16. The Morgan fingerprint density at radius 3 is 3.13 bits per heavy atom. The molecule has 2 atom stereocenters. The summed E-state index contributed by atoms with van der Waals surface area (Å²) in [7, 11) is 0. The molecular weight excluding hydrogens is 194 g/mol. The van der Waals surface area contributed by atoms with Crippen molar-refractivity contribution in [3.05, 3.63) is 22.6 Å². The highest BCUT2D eigenvalue weighted by Gasteiger charge is 2.26. The molecule has 5 nitrogen and oxygen atoms in total. The van der Waals surface area contributed by atoms with Crippen molar-refractivity contribution >= 4 is 5.69 Å². The fraction of sp³-hybridized carbons (Fsp3) is 0.600. The molecule has 15 heavy (non-hydrogen) atoms. The van der Waals surface area contributed by atoms with Crippen LogP contribution in [0.4, 0.5) is 5.69 Å². The Balaban J connectivity index is 2.11. The lowest BCUT2D eigenvalue weighted by Gasteiger charge is -2.18. The van der Waals surface area contributed by atoms with Crippen LogP contribution in [0.5, 0.6) is 0 Å². The quantitative estimate of drug-likeness (QED) is 0.718. The maximum absolute atomic E-state index is 11.1. The number of aliphatic hydroxyl groups is 1. The Morgan fingerprint density at radius 2 is 2.53 bits per heavy atom. The SMILES string of the molecule is CC(O)C1CCN(c2cn[nH]c(=O)c2)C1. The third kappa shape index (κ3) is 2.18. The van der Waals surface area contributed by atoms with Crippen molar-refractivity contribution in [2.75, 3.05) is 18.0 Å². The van der Waals surface area contributed by atoms with Crippen LogP contribution in [-0.2, 0) is 0 Å². The first-order valence-corrected chi connectivity index (χ1v) is 5.14. The molecule has 1 fully saturated rings.